The standard InChI is InChI=1S/C47H47N/c1-45(2)21-22-46(3,4)43-27-35(19-20-40(43)45)48(34-15-9-6-10-16-34)44-29-42-38(28-37(44)31-13-7-5-8-14-31)36-17-11-12-18-39(36)47(42)33-24-30-23-32(26-33)41(47)25-30/h5-20,27-30,32-33,41H,21-26H2,1-4H3. The van der Waals surface area contributed by atoms with Gasteiger partial charge >= 0.3 is 0 Å². The van der Waals surface area contributed by atoms with Gasteiger partial charge in [-0.3, -0.25) is 0 Å². The van der Waals surface area contributed by atoms with E-state index in [1.165, 1.54) is 89.0 Å². The lowest BCUT2D eigenvalue weighted by molar-refractivity contribution is 0.191. The number of nitrogens with zero attached hydrogens (tertiary/aromatic N) is 1. The van der Waals surface area contributed by atoms with Crippen LogP contribution in [-0.2, 0) is 16.2 Å². The summed E-state index contributed by atoms with van der Waals surface area (Å²) in [4.78, 5) is 2.60. The first-order valence-corrected chi connectivity index (χ1v) is 18.6. The Kier molecular flexibility index (Phi) is 6.00. The molecule has 5 aromatic carbocycles. The molecule has 4 bridgehead atoms. The fourth-order valence-electron chi connectivity index (χ4n) is 11.8. The molecule has 0 aromatic heterocycles. The molecule has 1 heteroatoms. The van der Waals surface area contributed by atoms with Gasteiger partial charge in [0.2, 0.25) is 0 Å². The van der Waals surface area contributed by atoms with E-state index in [0.29, 0.717) is 0 Å². The average Bonchev–Trinajstić information content (AvgIpc) is 3.64. The zero-order chi connectivity index (χ0) is 32.4. The van der Waals surface area contributed by atoms with Gasteiger partial charge in [-0.2, -0.15) is 0 Å². The molecule has 0 radical (unpaired) electrons. The van der Waals surface area contributed by atoms with E-state index < -0.39 is 0 Å². The third-order valence-electron chi connectivity index (χ3n) is 13.9. The maximum absolute atomic E-state index is 2.69. The highest BCUT2D eigenvalue weighted by atomic mass is 15.1. The molecule has 0 N–H and O–H groups in total. The maximum atomic E-state index is 2.69. The average molecular weight is 626 g/mol. The summed E-state index contributed by atoms with van der Waals surface area (Å²) < 4.78 is 0. The summed E-state index contributed by atoms with van der Waals surface area (Å²) in [5.41, 5.74) is 16.1. The molecule has 0 heterocycles. The lowest BCUT2D eigenvalue weighted by Crippen LogP contribution is -2.40. The summed E-state index contributed by atoms with van der Waals surface area (Å²) in [5, 5.41) is 0. The van der Waals surface area contributed by atoms with Crippen LogP contribution in [0, 0.1) is 23.7 Å². The van der Waals surface area contributed by atoms with Crippen LogP contribution >= 0.6 is 0 Å². The van der Waals surface area contributed by atoms with Gasteiger partial charge < -0.3 is 4.90 Å². The van der Waals surface area contributed by atoms with Crippen molar-refractivity contribution in [3.63, 3.8) is 0 Å². The molecule has 1 spiro atoms. The Morgan fingerprint density at radius 1 is 0.521 bits per heavy atom. The predicted octanol–water partition coefficient (Wildman–Crippen LogP) is 12.5. The highest BCUT2D eigenvalue weighted by molar-refractivity contribution is 5.95. The van der Waals surface area contributed by atoms with Gasteiger partial charge in [-0.15, -0.1) is 0 Å². The van der Waals surface area contributed by atoms with Crippen LogP contribution in [0.15, 0.2) is 115 Å². The number of anilines is 3. The topological polar surface area (TPSA) is 3.24 Å². The maximum Gasteiger partial charge on any atom is 0.0543 e. The van der Waals surface area contributed by atoms with Crippen molar-refractivity contribution in [3.05, 3.63) is 138 Å². The van der Waals surface area contributed by atoms with Gasteiger partial charge in [0.05, 0.1) is 5.69 Å². The van der Waals surface area contributed by atoms with Gasteiger partial charge in [0, 0.05) is 22.4 Å². The zero-order valence-electron chi connectivity index (χ0n) is 29.0. The van der Waals surface area contributed by atoms with Crippen LogP contribution in [0.2, 0.25) is 0 Å². The van der Waals surface area contributed by atoms with Crippen molar-refractivity contribution in [2.24, 2.45) is 23.7 Å². The minimum Gasteiger partial charge on any atom is -0.310 e. The molecule has 240 valence electrons. The Hall–Kier alpha value is -4.10. The molecular weight excluding hydrogens is 579 g/mol. The fourth-order valence-corrected chi connectivity index (χ4v) is 11.8. The zero-order valence-corrected chi connectivity index (χ0v) is 29.0. The van der Waals surface area contributed by atoms with Crippen molar-refractivity contribution in [1.29, 1.82) is 0 Å². The van der Waals surface area contributed by atoms with Gasteiger partial charge in [0.15, 0.2) is 0 Å². The summed E-state index contributed by atoms with van der Waals surface area (Å²) in [6.45, 7) is 9.77. The highest BCUT2D eigenvalue weighted by Gasteiger charge is 2.66. The lowest BCUT2D eigenvalue weighted by atomic mass is 9.59. The summed E-state index contributed by atoms with van der Waals surface area (Å²) >= 11 is 0. The second kappa shape index (κ2) is 9.97. The van der Waals surface area contributed by atoms with Gasteiger partial charge in [-0.1, -0.05) is 107 Å². The van der Waals surface area contributed by atoms with Gasteiger partial charge in [0.1, 0.15) is 0 Å². The number of para-hydroxylation sites is 1. The third-order valence-corrected chi connectivity index (χ3v) is 13.9. The van der Waals surface area contributed by atoms with Crippen molar-refractivity contribution in [2.75, 3.05) is 4.90 Å². The number of hydrogen-bond acceptors (Lipinski definition) is 1. The van der Waals surface area contributed by atoms with Gasteiger partial charge in [0.25, 0.3) is 0 Å². The second-order valence-corrected chi connectivity index (χ2v) is 17.2. The summed E-state index contributed by atoms with van der Waals surface area (Å²) in [6, 6.07) is 44.6. The summed E-state index contributed by atoms with van der Waals surface area (Å²) in [7, 11) is 0. The molecule has 5 aromatic rings. The third kappa shape index (κ3) is 3.85. The van der Waals surface area contributed by atoms with Crippen LogP contribution in [0.3, 0.4) is 0 Å². The number of hydrogen-bond donors (Lipinski definition) is 0. The van der Waals surface area contributed by atoms with Gasteiger partial charge in [-0.25, -0.2) is 0 Å². The smallest absolute Gasteiger partial charge is 0.0543 e. The van der Waals surface area contributed by atoms with E-state index in [0.717, 1.165) is 23.7 Å². The Morgan fingerprint density at radius 2 is 1.23 bits per heavy atom. The van der Waals surface area contributed by atoms with Crippen LogP contribution in [0.1, 0.15) is 88.5 Å². The summed E-state index contributed by atoms with van der Waals surface area (Å²) in [6.07, 6.45) is 8.10. The largest absolute Gasteiger partial charge is 0.310 e. The van der Waals surface area contributed by atoms with Crippen LogP contribution in [0.5, 0.6) is 0 Å². The van der Waals surface area contributed by atoms with Crippen LogP contribution in [0.25, 0.3) is 22.3 Å². The van der Waals surface area contributed by atoms with Crippen LogP contribution < -0.4 is 4.90 Å². The molecule has 5 unspecified atom stereocenters. The first-order valence-electron chi connectivity index (χ1n) is 18.6. The van der Waals surface area contributed by atoms with E-state index >= 15 is 0 Å². The van der Waals surface area contributed by atoms with E-state index in [1.807, 2.05) is 0 Å². The van der Waals surface area contributed by atoms with Crippen molar-refractivity contribution in [3.8, 4) is 22.3 Å². The molecule has 48 heavy (non-hydrogen) atoms. The summed E-state index contributed by atoms with van der Waals surface area (Å²) in [5.74, 6) is 3.32. The first-order chi connectivity index (χ1) is 23.3. The monoisotopic (exact) mass is 625 g/mol. The van der Waals surface area contributed by atoms with Crippen molar-refractivity contribution in [1.82, 2.24) is 0 Å². The SMILES string of the molecule is CC1(C)CCC(C)(C)c2cc(N(c3ccccc3)c3cc4c(cc3-c3ccccc3)-c3ccccc3C43C4CC5CC(C4)C3C5)ccc21. The number of fused-ring (bicyclic) bond motifs is 4. The Bertz CT molecular complexity index is 2070. The molecule has 6 aliphatic rings. The number of benzene rings is 5. The van der Waals surface area contributed by atoms with E-state index in [-0.39, 0.29) is 16.2 Å². The van der Waals surface area contributed by atoms with Crippen molar-refractivity contribution >= 4 is 17.1 Å². The number of rotatable bonds is 4. The van der Waals surface area contributed by atoms with Crippen LogP contribution in [-0.4, -0.2) is 0 Å². The van der Waals surface area contributed by atoms with E-state index in [9.17, 15) is 0 Å². The molecule has 4 saturated carbocycles. The van der Waals surface area contributed by atoms with E-state index in [1.54, 1.807) is 11.1 Å². The molecule has 11 rings (SSSR count). The normalized spacial score (nSPS) is 27.9. The molecule has 5 atom stereocenters. The first kappa shape index (κ1) is 28.9. The molecule has 1 nitrogen and oxygen atoms in total. The minimum atomic E-state index is 0.136. The lowest BCUT2D eigenvalue weighted by Gasteiger charge is -2.44. The fraction of sp³-hybridized carbons (Fsp3) is 0.362. The Labute approximate surface area is 287 Å². The molecular formula is C47H47N. The second-order valence-electron chi connectivity index (χ2n) is 17.2. The van der Waals surface area contributed by atoms with Crippen molar-refractivity contribution < 1.29 is 0 Å². The Morgan fingerprint density at radius 3 is 2.00 bits per heavy atom. The molecule has 0 amide bonds. The molecule has 0 aliphatic heterocycles. The van der Waals surface area contributed by atoms with Crippen molar-refractivity contribution in [2.45, 2.75) is 82.5 Å². The predicted molar refractivity (Wildman–Crippen MR) is 200 cm³/mol. The Balaban J connectivity index is 1.27. The van der Waals surface area contributed by atoms with Gasteiger partial charge in [-0.05, 0) is 148 Å². The molecule has 4 fully saturated rings. The van der Waals surface area contributed by atoms with E-state index in [2.05, 4.69) is 148 Å². The molecule has 6 aliphatic carbocycles. The van der Waals surface area contributed by atoms with E-state index in [4.69, 9.17) is 0 Å². The highest BCUT2D eigenvalue weighted by Crippen LogP contribution is 2.73. The quantitative estimate of drug-likeness (QED) is 0.192. The minimum absolute atomic E-state index is 0.136. The molecule has 0 saturated heterocycles. The van der Waals surface area contributed by atoms with Crippen LogP contribution in [0.4, 0.5) is 17.1 Å².